The van der Waals surface area contributed by atoms with Gasteiger partial charge in [0.25, 0.3) is 0 Å². The van der Waals surface area contributed by atoms with Gasteiger partial charge in [-0.2, -0.15) is 0 Å². The van der Waals surface area contributed by atoms with Crippen molar-refractivity contribution in [3.05, 3.63) is 17.8 Å². The Morgan fingerprint density at radius 1 is 1.36 bits per heavy atom. The monoisotopic (exact) mass is 318 g/mol. The fourth-order valence-electron chi connectivity index (χ4n) is 3.49. The first-order chi connectivity index (χ1) is 10.7. The minimum atomic E-state index is 0.373. The van der Waals surface area contributed by atoms with Gasteiger partial charge in [0, 0.05) is 25.2 Å². The number of anilines is 1. The maximum Gasteiger partial charge on any atom is 0.147 e. The zero-order chi connectivity index (χ0) is 15.1. The van der Waals surface area contributed by atoms with Gasteiger partial charge < -0.3 is 10.1 Å². The van der Waals surface area contributed by atoms with Gasteiger partial charge in [0.2, 0.25) is 0 Å². The third-order valence-corrected chi connectivity index (χ3v) is 5.68. The van der Waals surface area contributed by atoms with Crippen molar-refractivity contribution in [1.29, 1.82) is 0 Å². The van der Waals surface area contributed by atoms with Gasteiger partial charge in [-0.25, -0.2) is 9.97 Å². The summed E-state index contributed by atoms with van der Waals surface area (Å²) in [5.41, 5.74) is 1.03. The lowest BCUT2D eigenvalue weighted by Gasteiger charge is -2.36. The molecular formula is C16H22N4OS. The van der Waals surface area contributed by atoms with Gasteiger partial charge in [-0.3, -0.25) is 4.90 Å². The van der Waals surface area contributed by atoms with Crippen molar-refractivity contribution in [1.82, 2.24) is 14.9 Å². The summed E-state index contributed by atoms with van der Waals surface area (Å²) >= 11 is 1.70. The number of rotatable bonds is 3. The lowest BCUT2D eigenvalue weighted by atomic mass is 10.0. The van der Waals surface area contributed by atoms with Crippen LogP contribution >= 0.6 is 11.3 Å². The van der Waals surface area contributed by atoms with Crippen LogP contribution in [0, 0.1) is 5.92 Å². The van der Waals surface area contributed by atoms with Crippen LogP contribution in [0.4, 0.5) is 5.82 Å². The molecule has 0 radical (unpaired) electrons. The number of morpholine rings is 1. The summed E-state index contributed by atoms with van der Waals surface area (Å²) < 4.78 is 7.17. The van der Waals surface area contributed by atoms with Gasteiger partial charge in [-0.05, 0) is 23.8 Å². The van der Waals surface area contributed by atoms with Crippen LogP contribution in [0.3, 0.4) is 0 Å². The van der Waals surface area contributed by atoms with E-state index in [1.165, 1.54) is 0 Å². The quantitative estimate of drug-likeness (QED) is 0.943. The molecule has 2 aromatic rings. The number of fused-ring (bicyclic) bond motifs is 2. The number of nitrogens with zero attached hydrogens (tertiary/aromatic N) is 3. The van der Waals surface area contributed by atoms with Gasteiger partial charge in [-0.1, -0.05) is 13.8 Å². The van der Waals surface area contributed by atoms with Crippen molar-refractivity contribution in [2.24, 2.45) is 5.92 Å². The molecule has 2 saturated heterocycles. The van der Waals surface area contributed by atoms with E-state index in [4.69, 9.17) is 4.74 Å². The molecule has 5 nitrogen and oxygen atoms in total. The van der Waals surface area contributed by atoms with Crippen LogP contribution in [0.2, 0.25) is 0 Å². The summed E-state index contributed by atoms with van der Waals surface area (Å²) in [7, 11) is 0. The second kappa shape index (κ2) is 5.76. The van der Waals surface area contributed by atoms with Crippen LogP contribution in [0.1, 0.15) is 20.3 Å². The minimum Gasteiger partial charge on any atom is -0.375 e. The van der Waals surface area contributed by atoms with Crippen molar-refractivity contribution >= 4 is 27.4 Å². The number of ether oxygens (including phenoxy) is 1. The Hall–Kier alpha value is -1.24. The predicted octanol–water partition coefficient (Wildman–Crippen LogP) is 2.60. The summed E-state index contributed by atoms with van der Waals surface area (Å²) in [6.45, 7) is 7.47. The first kappa shape index (κ1) is 14.4. The van der Waals surface area contributed by atoms with E-state index >= 15 is 0 Å². The van der Waals surface area contributed by atoms with Crippen molar-refractivity contribution < 1.29 is 4.74 Å². The zero-order valence-corrected chi connectivity index (χ0v) is 13.8. The van der Waals surface area contributed by atoms with Gasteiger partial charge in [0.1, 0.15) is 12.1 Å². The maximum absolute atomic E-state index is 6.02. The molecule has 0 saturated carbocycles. The molecule has 4 rings (SSSR count). The van der Waals surface area contributed by atoms with Crippen molar-refractivity contribution in [2.75, 3.05) is 25.0 Å². The molecular weight excluding hydrogens is 296 g/mol. The highest BCUT2D eigenvalue weighted by molar-refractivity contribution is 7.17. The molecule has 3 atom stereocenters. The van der Waals surface area contributed by atoms with E-state index in [0.29, 0.717) is 24.1 Å². The highest BCUT2D eigenvalue weighted by atomic mass is 32.1. The lowest BCUT2D eigenvalue weighted by Crippen LogP contribution is -2.48. The molecule has 0 aromatic carbocycles. The first-order valence-corrected chi connectivity index (χ1v) is 8.89. The molecule has 2 aromatic heterocycles. The van der Waals surface area contributed by atoms with E-state index in [0.717, 1.165) is 42.2 Å². The second-order valence-electron chi connectivity index (χ2n) is 6.66. The van der Waals surface area contributed by atoms with Crippen LogP contribution in [0.5, 0.6) is 0 Å². The van der Waals surface area contributed by atoms with Crippen LogP contribution in [-0.2, 0) is 4.74 Å². The molecule has 0 amide bonds. The largest absolute Gasteiger partial charge is 0.375 e. The normalized spacial score (nSPS) is 29.1. The molecule has 22 heavy (non-hydrogen) atoms. The highest BCUT2D eigenvalue weighted by Crippen LogP contribution is 2.30. The van der Waals surface area contributed by atoms with Crippen molar-refractivity contribution in [3.63, 3.8) is 0 Å². The molecule has 0 bridgehead atoms. The van der Waals surface area contributed by atoms with E-state index in [-0.39, 0.29) is 0 Å². The minimum absolute atomic E-state index is 0.373. The molecule has 2 fully saturated rings. The fourth-order valence-corrected chi connectivity index (χ4v) is 4.29. The Labute approximate surface area is 134 Å². The van der Waals surface area contributed by atoms with Crippen LogP contribution in [0.15, 0.2) is 17.8 Å². The van der Waals surface area contributed by atoms with E-state index in [1.807, 2.05) is 6.07 Å². The number of aromatic nitrogens is 2. The Kier molecular flexibility index (Phi) is 3.76. The molecule has 1 N–H and O–H groups in total. The first-order valence-electron chi connectivity index (χ1n) is 8.01. The van der Waals surface area contributed by atoms with Crippen LogP contribution in [-0.4, -0.2) is 52.8 Å². The Morgan fingerprint density at radius 3 is 3.14 bits per heavy atom. The summed E-state index contributed by atoms with van der Waals surface area (Å²) in [5.74, 6) is 1.56. The Bertz CT molecular complexity index is 658. The number of hydrogen-bond donors (Lipinski definition) is 1. The molecule has 0 spiro atoms. The molecule has 4 heterocycles. The van der Waals surface area contributed by atoms with E-state index in [9.17, 15) is 0 Å². The summed E-state index contributed by atoms with van der Waals surface area (Å²) in [5, 5.41) is 5.71. The molecule has 118 valence electrons. The maximum atomic E-state index is 6.02. The third-order valence-electron chi connectivity index (χ3n) is 4.77. The van der Waals surface area contributed by atoms with Crippen LogP contribution in [0.25, 0.3) is 10.2 Å². The second-order valence-corrected chi connectivity index (χ2v) is 7.57. The predicted molar refractivity (Wildman–Crippen MR) is 89.4 cm³/mol. The van der Waals surface area contributed by atoms with Gasteiger partial charge in [0.05, 0.1) is 22.9 Å². The summed E-state index contributed by atoms with van der Waals surface area (Å²) in [4.78, 5) is 11.3. The van der Waals surface area contributed by atoms with Gasteiger partial charge in [-0.15, -0.1) is 11.3 Å². The molecule has 0 unspecified atom stereocenters. The molecule has 6 heteroatoms. The van der Waals surface area contributed by atoms with E-state index in [2.05, 4.69) is 39.4 Å². The standard InChI is InChI=1S/C16H22N4OS/c1-10(2)14-7-20-6-11(5-12(20)8-21-14)19-16-15-13(3-4-22-15)17-9-18-16/h3-4,9-12,14H,5-8H2,1-2H3,(H,17,18,19)/t11-,12+,14+/m1/s1. The number of hydrogen-bond acceptors (Lipinski definition) is 6. The topological polar surface area (TPSA) is 50.3 Å². The third kappa shape index (κ3) is 2.59. The number of nitrogens with one attached hydrogen (secondary N) is 1. The SMILES string of the molecule is CC(C)[C@@H]1CN2C[C@H](Nc3ncnc4ccsc34)C[C@H]2CO1. The average molecular weight is 318 g/mol. The van der Waals surface area contributed by atoms with Crippen molar-refractivity contribution in [3.8, 4) is 0 Å². The summed E-state index contributed by atoms with van der Waals surface area (Å²) in [6, 6.07) is 3.04. The smallest absolute Gasteiger partial charge is 0.147 e. The lowest BCUT2D eigenvalue weighted by molar-refractivity contribution is -0.0683. The molecule has 0 aliphatic carbocycles. The highest BCUT2D eigenvalue weighted by Gasteiger charge is 2.38. The number of thiophene rings is 1. The fraction of sp³-hybridized carbons (Fsp3) is 0.625. The summed E-state index contributed by atoms with van der Waals surface area (Å²) in [6.07, 6.45) is 3.15. The van der Waals surface area contributed by atoms with E-state index in [1.54, 1.807) is 17.7 Å². The van der Waals surface area contributed by atoms with Gasteiger partial charge >= 0.3 is 0 Å². The van der Waals surface area contributed by atoms with E-state index < -0.39 is 0 Å². The average Bonchev–Trinajstić information content (AvgIpc) is 3.12. The Morgan fingerprint density at radius 2 is 2.27 bits per heavy atom. The molecule has 2 aliphatic rings. The zero-order valence-electron chi connectivity index (χ0n) is 13.0. The van der Waals surface area contributed by atoms with Crippen molar-refractivity contribution in [2.45, 2.75) is 38.5 Å². The van der Waals surface area contributed by atoms with Crippen LogP contribution < -0.4 is 5.32 Å². The molecule has 2 aliphatic heterocycles. The Balaban J connectivity index is 1.46. The van der Waals surface area contributed by atoms with Gasteiger partial charge in [0.15, 0.2) is 0 Å².